The zero-order valence-electron chi connectivity index (χ0n) is 11.2. The van der Waals surface area contributed by atoms with Crippen molar-refractivity contribution in [3.05, 3.63) is 33.8 Å². The maximum absolute atomic E-state index is 11.9. The molecule has 1 aliphatic rings. The Hall–Kier alpha value is -0.770. The molecule has 1 aromatic rings. The third-order valence-corrected chi connectivity index (χ3v) is 4.31. The topological polar surface area (TPSA) is 49.3 Å². The predicted octanol–water partition coefficient (Wildman–Crippen LogP) is 3.20. The van der Waals surface area contributed by atoms with Crippen LogP contribution in [0.4, 0.5) is 0 Å². The van der Waals surface area contributed by atoms with Gasteiger partial charge in [0.25, 0.3) is 0 Å². The second-order valence-corrected chi connectivity index (χ2v) is 6.25. The number of aliphatic hydroxyl groups is 1. The van der Waals surface area contributed by atoms with Gasteiger partial charge in [-0.3, -0.25) is 4.79 Å². The Kier molecular flexibility index (Phi) is 5.70. The Morgan fingerprint density at radius 2 is 2.15 bits per heavy atom. The van der Waals surface area contributed by atoms with Crippen LogP contribution in [0, 0.1) is 5.92 Å². The Morgan fingerprint density at radius 3 is 2.90 bits per heavy atom. The molecule has 110 valence electrons. The molecule has 0 heterocycles. The molecule has 2 N–H and O–H groups in total. The van der Waals surface area contributed by atoms with Crippen molar-refractivity contribution in [2.45, 2.75) is 38.2 Å². The third-order valence-electron chi connectivity index (χ3n) is 3.70. The summed E-state index contributed by atoms with van der Waals surface area (Å²) in [6.07, 6.45) is 3.76. The van der Waals surface area contributed by atoms with Crippen LogP contribution in [-0.4, -0.2) is 23.7 Å². The van der Waals surface area contributed by atoms with Crippen molar-refractivity contribution in [1.82, 2.24) is 5.32 Å². The van der Waals surface area contributed by atoms with Crippen LogP contribution in [-0.2, 0) is 11.2 Å². The molecule has 0 aliphatic heterocycles. The lowest BCUT2D eigenvalue weighted by atomic mass is 9.87. The maximum Gasteiger partial charge on any atom is 0.224 e. The first-order valence-corrected chi connectivity index (χ1v) is 7.69. The lowest BCUT2D eigenvalue weighted by Crippen LogP contribution is -2.33. The fraction of sp³-hybridized carbons (Fsp3) is 0.533. The highest BCUT2D eigenvalue weighted by Gasteiger charge is 2.20. The van der Waals surface area contributed by atoms with Crippen molar-refractivity contribution in [1.29, 1.82) is 0 Å². The Bertz CT molecular complexity index is 479. The van der Waals surface area contributed by atoms with Gasteiger partial charge < -0.3 is 10.4 Å². The molecular weight excluding hydrogens is 297 g/mol. The van der Waals surface area contributed by atoms with E-state index in [1.165, 1.54) is 0 Å². The fourth-order valence-electron chi connectivity index (χ4n) is 2.62. The Labute approximate surface area is 129 Å². The van der Waals surface area contributed by atoms with Crippen molar-refractivity contribution in [2.75, 3.05) is 6.54 Å². The summed E-state index contributed by atoms with van der Waals surface area (Å²) in [6.45, 7) is 0.619. The molecular formula is C15H19Cl2NO2. The Balaban J connectivity index is 1.82. The molecule has 1 aliphatic carbocycles. The van der Waals surface area contributed by atoms with E-state index in [-0.39, 0.29) is 18.4 Å². The number of hydrogen-bond acceptors (Lipinski definition) is 2. The molecule has 0 saturated heterocycles. The number of carbonyl (C=O) groups is 1. The van der Waals surface area contributed by atoms with Gasteiger partial charge in [-0.05, 0) is 48.9 Å². The molecule has 0 spiro atoms. The molecule has 2 atom stereocenters. The standard InChI is InChI=1S/C15H19Cl2NO2/c16-12-4-5-14(17)11(7-12)8-15(20)18-9-10-2-1-3-13(19)6-10/h4-5,7,10,13,19H,1-3,6,8-9H2,(H,18,20). The number of amides is 1. The minimum absolute atomic E-state index is 0.0609. The summed E-state index contributed by atoms with van der Waals surface area (Å²) in [5.74, 6) is 0.312. The average Bonchev–Trinajstić information content (AvgIpc) is 2.41. The molecule has 0 bridgehead atoms. The van der Waals surface area contributed by atoms with Gasteiger partial charge in [0, 0.05) is 16.6 Å². The van der Waals surface area contributed by atoms with Gasteiger partial charge in [-0.2, -0.15) is 0 Å². The van der Waals surface area contributed by atoms with Crippen LogP contribution in [0.5, 0.6) is 0 Å². The monoisotopic (exact) mass is 315 g/mol. The first-order chi connectivity index (χ1) is 9.54. The summed E-state index contributed by atoms with van der Waals surface area (Å²) in [6, 6.07) is 5.12. The van der Waals surface area contributed by atoms with E-state index in [1.54, 1.807) is 18.2 Å². The van der Waals surface area contributed by atoms with E-state index in [9.17, 15) is 9.90 Å². The third kappa shape index (κ3) is 4.65. The number of carbonyl (C=O) groups excluding carboxylic acids is 1. The van der Waals surface area contributed by atoms with Crippen LogP contribution in [0.3, 0.4) is 0 Å². The van der Waals surface area contributed by atoms with E-state index in [0.717, 1.165) is 31.2 Å². The molecule has 1 aromatic carbocycles. The van der Waals surface area contributed by atoms with Gasteiger partial charge in [0.15, 0.2) is 0 Å². The van der Waals surface area contributed by atoms with Crippen LogP contribution in [0.2, 0.25) is 10.0 Å². The largest absolute Gasteiger partial charge is 0.393 e. The van der Waals surface area contributed by atoms with E-state index in [2.05, 4.69) is 5.32 Å². The number of hydrogen-bond donors (Lipinski definition) is 2. The molecule has 0 aromatic heterocycles. The zero-order chi connectivity index (χ0) is 14.5. The van der Waals surface area contributed by atoms with E-state index >= 15 is 0 Å². The number of aliphatic hydroxyl groups excluding tert-OH is 1. The highest BCUT2D eigenvalue weighted by atomic mass is 35.5. The Morgan fingerprint density at radius 1 is 1.35 bits per heavy atom. The van der Waals surface area contributed by atoms with Crippen LogP contribution >= 0.6 is 23.2 Å². The molecule has 1 fully saturated rings. The van der Waals surface area contributed by atoms with Crippen LogP contribution in [0.1, 0.15) is 31.2 Å². The first-order valence-electron chi connectivity index (χ1n) is 6.93. The molecule has 3 nitrogen and oxygen atoms in total. The predicted molar refractivity (Wildman–Crippen MR) is 81.1 cm³/mol. The summed E-state index contributed by atoms with van der Waals surface area (Å²) in [5, 5.41) is 13.6. The highest BCUT2D eigenvalue weighted by molar-refractivity contribution is 6.33. The summed E-state index contributed by atoms with van der Waals surface area (Å²) in [4.78, 5) is 11.9. The zero-order valence-corrected chi connectivity index (χ0v) is 12.8. The highest BCUT2D eigenvalue weighted by Crippen LogP contribution is 2.24. The number of rotatable bonds is 4. The molecule has 0 radical (unpaired) electrons. The van der Waals surface area contributed by atoms with Crippen LogP contribution < -0.4 is 5.32 Å². The van der Waals surface area contributed by atoms with Crippen molar-refractivity contribution in [3.63, 3.8) is 0 Å². The van der Waals surface area contributed by atoms with Gasteiger partial charge in [-0.25, -0.2) is 0 Å². The second-order valence-electron chi connectivity index (χ2n) is 5.40. The van der Waals surface area contributed by atoms with Gasteiger partial charge in [-0.1, -0.05) is 29.6 Å². The van der Waals surface area contributed by atoms with Crippen LogP contribution in [0.25, 0.3) is 0 Å². The summed E-state index contributed by atoms with van der Waals surface area (Å²) < 4.78 is 0. The van der Waals surface area contributed by atoms with Gasteiger partial charge in [0.2, 0.25) is 5.91 Å². The molecule has 5 heteroatoms. The molecule has 2 rings (SSSR count). The molecule has 1 saturated carbocycles. The van der Waals surface area contributed by atoms with Gasteiger partial charge in [0.1, 0.15) is 0 Å². The van der Waals surface area contributed by atoms with Crippen LogP contribution in [0.15, 0.2) is 18.2 Å². The number of nitrogens with one attached hydrogen (secondary N) is 1. The number of benzene rings is 1. The fourth-order valence-corrected chi connectivity index (χ4v) is 3.00. The van der Waals surface area contributed by atoms with Crippen molar-refractivity contribution in [3.8, 4) is 0 Å². The molecule has 20 heavy (non-hydrogen) atoms. The van der Waals surface area contributed by atoms with Crippen molar-refractivity contribution >= 4 is 29.1 Å². The lowest BCUT2D eigenvalue weighted by molar-refractivity contribution is -0.120. The quantitative estimate of drug-likeness (QED) is 0.896. The SMILES string of the molecule is O=C(Cc1cc(Cl)ccc1Cl)NCC1CCCC(O)C1. The van der Waals surface area contributed by atoms with E-state index in [0.29, 0.717) is 22.5 Å². The molecule has 1 amide bonds. The lowest BCUT2D eigenvalue weighted by Gasteiger charge is -2.25. The van der Waals surface area contributed by atoms with E-state index in [4.69, 9.17) is 23.2 Å². The van der Waals surface area contributed by atoms with Crippen molar-refractivity contribution < 1.29 is 9.90 Å². The minimum Gasteiger partial charge on any atom is -0.393 e. The maximum atomic E-state index is 11.9. The normalized spacial score (nSPS) is 22.6. The van der Waals surface area contributed by atoms with E-state index in [1.807, 2.05) is 0 Å². The van der Waals surface area contributed by atoms with Gasteiger partial charge in [-0.15, -0.1) is 0 Å². The second kappa shape index (κ2) is 7.30. The summed E-state index contributed by atoms with van der Waals surface area (Å²) >= 11 is 11.9. The minimum atomic E-state index is -0.215. The summed E-state index contributed by atoms with van der Waals surface area (Å²) in [5.41, 5.74) is 0.736. The number of halogens is 2. The average molecular weight is 316 g/mol. The smallest absolute Gasteiger partial charge is 0.224 e. The molecule has 2 unspecified atom stereocenters. The van der Waals surface area contributed by atoms with Gasteiger partial charge >= 0.3 is 0 Å². The summed E-state index contributed by atoms with van der Waals surface area (Å²) in [7, 11) is 0. The van der Waals surface area contributed by atoms with Crippen molar-refractivity contribution in [2.24, 2.45) is 5.92 Å². The first kappa shape index (κ1) is 15.6. The van der Waals surface area contributed by atoms with Gasteiger partial charge in [0.05, 0.1) is 12.5 Å². The van der Waals surface area contributed by atoms with E-state index < -0.39 is 0 Å².